The van der Waals surface area contributed by atoms with E-state index in [9.17, 15) is 9.59 Å². The van der Waals surface area contributed by atoms with Gasteiger partial charge < -0.3 is 15.8 Å². The Morgan fingerprint density at radius 1 is 1.22 bits per heavy atom. The molecule has 2 aromatic carbocycles. The van der Waals surface area contributed by atoms with Gasteiger partial charge in [-0.2, -0.15) is 0 Å². The number of nitrogens with one attached hydrogen (secondary N) is 1. The molecule has 2 aromatic rings. The molecule has 0 aliphatic carbocycles. The van der Waals surface area contributed by atoms with Crippen molar-refractivity contribution in [3.8, 4) is 5.75 Å². The van der Waals surface area contributed by atoms with Gasteiger partial charge in [-0.1, -0.05) is 24.6 Å². The van der Waals surface area contributed by atoms with Gasteiger partial charge in [-0.3, -0.25) is 9.59 Å². The average Bonchev–Trinajstić information content (AvgIpc) is 2.53. The Labute approximate surface area is 139 Å². The normalized spacial score (nSPS) is 10.2. The Morgan fingerprint density at radius 2 is 2.00 bits per heavy atom. The molecule has 0 spiro atoms. The molecule has 3 N–H and O–H groups in total. The van der Waals surface area contributed by atoms with Crippen LogP contribution in [-0.2, 0) is 4.79 Å². The van der Waals surface area contributed by atoms with Crippen LogP contribution < -0.4 is 15.8 Å². The van der Waals surface area contributed by atoms with Gasteiger partial charge in [0.15, 0.2) is 12.4 Å². The van der Waals surface area contributed by atoms with Crippen LogP contribution in [-0.4, -0.2) is 18.3 Å². The fraction of sp³-hybridized carbons (Fsp3) is 0.176. The van der Waals surface area contributed by atoms with Crippen LogP contribution in [0, 0.1) is 0 Å². The zero-order chi connectivity index (χ0) is 16.8. The minimum Gasteiger partial charge on any atom is -0.482 e. The van der Waals surface area contributed by atoms with Crippen molar-refractivity contribution in [2.45, 2.75) is 13.3 Å². The maximum absolute atomic E-state index is 11.9. The highest BCUT2D eigenvalue weighted by Crippen LogP contribution is 2.23. The van der Waals surface area contributed by atoms with Gasteiger partial charge in [0.05, 0.1) is 5.69 Å². The first-order valence-electron chi connectivity index (χ1n) is 7.10. The largest absolute Gasteiger partial charge is 0.482 e. The Kier molecular flexibility index (Phi) is 5.60. The van der Waals surface area contributed by atoms with E-state index in [1.807, 2.05) is 0 Å². The summed E-state index contributed by atoms with van der Waals surface area (Å²) in [4.78, 5) is 23.5. The molecule has 0 aliphatic rings. The van der Waals surface area contributed by atoms with Gasteiger partial charge in [0.25, 0.3) is 5.91 Å². The van der Waals surface area contributed by atoms with Gasteiger partial charge in [-0.15, -0.1) is 0 Å². The number of benzene rings is 2. The first-order chi connectivity index (χ1) is 11.0. The van der Waals surface area contributed by atoms with Crippen LogP contribution in [0.4, 0.5) is 11.4 Å². The number of halogens is 1. The smallest absolute Gasteiger partial charge is 0.262 e. The third kappa shape index (κ3) is 4.72. The number of amides is 1. The van der Waals surface area contributed by atoms with Gasteiger partial charge in [-0.05, 0) is 36.4 Å². The third-order valence-electron chi connectivity index (χ3n) is 3.12. The SMILES string of the molecule is CCC(=O)c1ccc(OCC(=O)Nc2cccc(Cl)c2)c(N)c1. The highest BCUT2D eigenvalue weighted by molar-refractivity contribution is 6.30. The van der Waals surface area contributed by atoms with Crippen molar-refractivity contribution in [3.05, 3.63) is 53.1 Å². The van der Waals surface area contributed by atoms with Gasteiger partial charge in [0, 0.05) is 22.7 Å². The highest BCUT2D eigenvalue weighted by atomic mass is 35.5. The molecule has 1 amide bonds. The zero-order valence-electron chi connectivity index (χ0n) is 12.6. The molecule has 0 radical (unpaired) electrons. The van der Waals surface area contributed by atoms with Gasteiger partial charge in [0.2, 0.25) is 0 Å². The van der Waals surface area contributed by atoms with Gasteiger partial charge in [-0.25, -0.2) is 0 Å². The number of carbonyl (C=O) groups is 2. The van der Waals surface area contributed by atoms with E-state index in [2.05, 4.69) is 5.32 Å². The maximum Gasteiger partial charge on any atom is 0.262 e. The van der Waals surface area contributed by atoms with Crippen LogP contribution >= 0.6 is 11.6 Å². The Balaban J connectivity index is 1.95. The molecule has 23 heavy (non-hydrogen) atoms. The van der Waals surface area contributed by atoms with Crippen molar-refractivity contribution in [1.82, 2.24) is 0 Å². The van der Waals surface area contributed by atoms with Crippen LogP contribution in [0.3, 0.4) is 0 Å². The van der Waals surface area contributed by atoms with Gasteiger partial charge in [0.1, 0.15) is 5.75 Å². The number of rotatable bonds is 6. The zero-order valence-corrected chi connectivity index (χ0v) is 13.4. The second kappa shape index (κ2) is 7.65. The predicted molar refractivity (Wildman–Crippen MR) is 91.1 cm³/mol. The second-order valence-electron chi connectivity index (χ2n) is 4.88. The summed E-state index contributed by atoms with van der Waals surface area (Å²) in [5, 5.41) is 3.20. The topological polar surface area (TPSA) is 81.4 Å². The van der Waals surface area contributed by atoms with Crippen molar-refractivity contribution in [2.24, 2.45) is 0 Å². The maximum atomic E-state index is 11.9. The highest BCUT2D eigenvalue weighted by Gasteiger charge is 2.09. The number of anilines is 2. The lowest BCUT2D eigenvalue weighted by molar-refractivity contribution is -0.118. The Bertz CT molecular complexity index is 732. The molecular formula is C17H17ClN2O3. The number of ketones is 1. The van der Waals surface area contributed by atoms with Crippen LogP contribution in [0.1, 0.15) is 23.7 Å². The standard InChI is InChI=1S/C17H17ClN2O3/c1-2-15(21)11-6-7-16(14(19)8-11)23-10-17(22)20-13-5-3-4-12(18)9-13/h3-9H,2,10,19H2,1H3,(H,20,22). The number of Topliss-reactive ketones (excluding diaryl/α,β-unsaturated/α-hetero) is 1. The number of nitrogen functional groups attached to an aromatic ring is 1. The van der Waals surface area contributed by atoms with E-state index in [1.165, 1.54) is 0 Å². The summed E-state index contributed by atoms with van der Waals surface area (Å²) >= 11 is 5.85. The van der Waals surface area contributed by atoms with E-state index in [-0.39, 0.29) is 18.3 Å². The number of hydrogen-bond acceptors (Lipinski definition) is 4. The first kappa shape index (κ1) is 16.8. The summed E-state index contributed by atoms with van der Waals surface area (Å²) < 4.78 is 5.39. The molecule has 0 unspecified atom stereocenters. The van der Waals surface area contributed by atoms with Crippen molar-refractivity contribution < 1.29 is 14.3 Å². The summed E-state index contributed by atoms with van der Waals surface area (Å²) in [6, 6.07) is 11.6. The molecule has 0 saturated carbocycles. The van der Waals surface area contributed by atoms with Gasteiger partial charge >= 0.3 is 0 Å². The fourth-order valence-corrected chi connectivity index (χ4v) is 2.15. The lowest BCUT2D eigenvalue weighted by Gasteiger charge is -2.10. The van der Waals surface area contributed by atoms with Crippen molar-refractivity contribution in [2.75, 3.05) is 17.7 Å². The minimum absolute atomic E-state index is 0.00180. The molecule has 0 heterocycles. The van der Waals surface area contributed by atoms with Crippen LogP contribution in [0.25, 0.3) is 0 Å². The second-order valence-corrected chi connectivity index (χ2v) is 5.31. The van der Waals surface area contributed by atoms with Crippen molar-refractivity contribution in [3.63, 3.8) is 0 Å². The molecule has 0 aliphatic heterocycles. The van der Waals surface area contributed by atoms with Crippen LogP contribution in [0.2, 0.25) is 5.02 Å². The number of carbonyl (C=O) groups excluding carboxylic acids is 2. The Morgan fingerprint density at radius 3 is 2.65 bits per heavy atom. The molecule has 120 valence electrons. The molecule has 6 heteroatoms. The predicted octanol–water partition coefficient (Wildman–Crippen LogP) is 3.53. The van der Waals surface area contributed by atoms with E-state index in [1.54, 1.807) is 49.4 Å². The molecule has 2 rings (SSSR count). The number of nitrogens with two attached hydrogens (primary N) is 1. The van der Waals surface area contributed by atoms with Crippen LogP contribution in [0.15, 0.2) is 42.5 Å². The van der Waals surface area contributed by atoms with Crippen molar-refractivity contribution >= 4 is 34.7 Å². The molecule has 0 aromatic heterocycles. The van der Waals surface area contributed by atoms with E-state index in [0.29, 0.717) is 34.1 Å². The molecule has 0 bridgehead atoms. The van der Waals surface area contributed by atoms with Crippen LogP contribution in [0.5, 0.6) is 5.75 Å². The quantitative estimate of drug-likeness (QED) is 0.626. The van der Waals surface area contributed by atoms with E-state index < -0.39 is 0 Å². The molecule has 0 fully saturated rings. The van der Waals surface area contributed by atoms with E-state index in [4.69, 9.17) is 22.1 Å². The molecule has 0 atom stereocenters. The average molecular weight is 333 g/mol. The summed E-state index contributed by atoms with van der Waals surface area (Å²) in [6.45, 7) is 1.58. The Hall–Kier alpha value is -2.53. The fourth-order valence-electron chi connectivity index (χ4n) is 1.96. The molecule has 0 saturated heterocycles. The minimum atomic E-state index is -0.333. The van der Waals surface area contributed by atoms with E-state index >= 15 is 0 Å². The first-order valence-corrected chi connectivity index (χ1v) is 7.48. The lowest BCUT2D eigenvalue weighted by atomic mass is 10.1. The molecule has 5 nitrogen and oxygen atoms in total. The summed E-state index contributed by atoms with van der Waals surface area (Å²) in [5.74, 6) is 0.0289. The number of ether oxygens (including phenoxy) is 1. The summed E-state index contributed by atoms with van der Waals surface area (Å²) in [7, 11) is 0. The van der Waals surface area contributed by atoms with E-state index in [0.717, 1.165) is 0 Å². The molecular weight excluding hydrogens is 316 g/mol. The summed E-state index contributed by atoms with van der Waals surface area (Å²) in [6.07, 6.45) is 0.404. The number of hydrogen-bond donors (Lipinski definition) is 2. The summed E-state index contributed by atoms with van der Waals surface area (Å²) in [5.41, 5.74) is 7.28. The van der Waals surface area contributed by atoms with Crippen molar-refractivity contribution in [1.29, 1.82) is 0 Å². The third-order valence-corrected chi connectivity index (χ3v) is 3.36. The monoisotopic (exact) mass is 332 g/mol. The lowest BCUT2D eigenvalue weighted by Crippen LogP contribution is -2.20.